The van der Waals surface area contributed by atoms with Crippen LogP contribution in [0, 0.1) is 0 Å². The molecule has 0 spiro atoms. The van der Waals surface area contributed by atoms with Gasteiger partial charge in [0.1, 0.15) is 0 Å². The number of thioether (sulfide) groups is 1. The van der Waals surface area contributed by atoms with Gasteiger partial charge in [0.25, 0.3) is 0 Å². The molecule has 0 radical (unpaired) electrons. The molecule has 0 aliphatic carbocycles. The molecule has 2 aromatic carbocycles. The number of nitrogens with one attached hydrogen (secondary N) is 1. The number of anilines is 1. The monoisotopic (exact) mass is 385 g/mol. The molecule has 1 nitrogen and oxygen atoms in total. The molecule has 2 aromatic rings. The Bertz CT molecular complexity index is 517. The van der Waals surface area contributed by atoms with Gasteiger partial charge in [-0.25, -0.2) is 0 Å². The number of benzene rings is 2. The highest BCUT2D eigenvalue weighted by molar-refractivity contribution is 9.10. The summed E-state index contributed by atoms with van der Waals surface area (Å²) in [6.45, 7) is 0.947. The third-order valence-electron chi connectivity index (χ3n) is 2.35. The normalized spacial score (nSPS) is 10.3. The summed E-state index contributed by atoms with van der Waals surface area (Å²) in [7, 11) is 0. The van der Waals surface area contributed by atoms with E-state index in [-0.39, 0.29) is 0 Å². The molecule has 0 saturated heterocycles. The SMILES string of the molecule is Brc1cccc(NCCSc2ccccc2Br)c1. The molecular formula is C14H13Br2NS. The zero-order chi connectivity index (χ0) is 12.8. The maximum Gasteiger partial charge on any atom is 0.0351 e. The van der Waals surface area contributed by atoms with E-state index in [4.69, 9.17) is 0 Å². The van der Waals surface area contributed by atoms with Crippen LogP contribution in [-0.2, 0) is 0 Å². The molecule has 1 N–H and O–H groups in total. The average molecular weight is 387 g/mol. The molecule has 0 unspecified atom stereocenters. The van der Waals surface area contributed by atoms with Gasteiger partial charge in [0, 0.05) is 31.8 Å². The Morgan fingerprint density at radius 1 is 1.00 bits per heavy atom. The summed E-state index contributed by atoms with van der Waals surface area (Å²) < 4.78 is 2.27. The molecule has 0 amide bonds. The van der Waals surface area contributed by atoms with Crippen molar-refractivity contribution < 1.29 is 0 Å². The lowest BCUT2D eigenvalue weighted by molar-refractivity contribution is 1.22. The van der Waals surface area contributed by atoms with Crippen LogP contribution in [0.25, 0.3) is 0 Å². The summed E-state index contributed by atoms with van der Waals surface area (Å²) >= 11 is 8.87. The van der Waals surface area contributed by atoms with E-state index in [0.29, 0.717) is 0 Å². The molecule has 4 heteroatoms. The van der Waals surface area contributed by atoms with Gasteiger partial charge in [0.15, 0.2) is 0 Å². The van der Waals surface area contributed by atoms with Crippen molar-refractivity contribution in [1.82, 2.24) is 0 Å². The second-order valence-electron chi connectivity index (χ2n) is 3.72. The van der Waals surface area contributed by atoms with Gasteiger partial charge in [-0.15, -0.1) is 11.8 Å². The maximum atomic E-state index is 3.56. The highest BCUT2D eigenvalue weighted by Crippen LogP contribution is 2.26. The van der Waals surface area contributed by atoms with E-state index in [9.17, 15) is 0 Å². The Morgan fingerprint density at radius 2 is 1.83 bits per heavy atom. The van der Waals surface area contributed by atoms with Gasteiger partial charge in [-0.05, 0) is 46.3 Å². The lowest BCUT2D eigenvalue weighted by atomic mass is 10.3. The van der Waals surface area contributed by atoms with E-state index in [0.717, 1.165) is 26.9 Å². The molecule has 0 bridgehead atoms. The second-order valence-corrected chi connectivity index (χ2v) is 6.62. The van der Waals surface area contributed by atoms with E-state index >= 15 is 0 Å². The number of hydrogen-bond acceptors (Lipinski definition) is 2. The van der Waals surface area contributed by atoms with Crippen molar-refractivity contribution in [3.05, 3.63) is 57.5 Å². The Labute approximate surface area is 129 Å². The largest absolute Gasteiger partial charge is 0.384 e. The summed E-state index contributed by atoms with van der Waals surface area (Å²) in [5.41, 5.74) is 1.15. The van der Waals surface area contributed by atoms with Crippen molar-refractivity contribution in [2.24, 2.45) is 0 Å². The minimum Gasteiger partial charge on any atom is -0.384 e. The minimum atomic E-state index is 0.947. The van der Waals surface area contributed by atoms with Gasteiger partial charge in [-0.3, -0.25) is 0 Å². The molecule has 0 fully saturated rings. The van der Waals surface area contributed by atoms with Gasteiger partial charge >= 0.3 is 0 Å². The molecule has 0 aliphatic rings. The quantitative estimate of drug-likeness (QED) is 0.544. The second kappa shape index (κ2) is 7.22. The first-order chi connectivity index (χ1) is 8.75. The predicted molar refractivity (Wildman–Crippen MR) is 87.5 cm³/mol. The maximum absolute atomic E-state index is 3.56. The van der Waals surface area contributed by atoms with Crippen molar-refractivity contribution >= 4 is 49.3 Å². The van der Waals surface area contributed by atoms with Crippen LogP contribution in [0.4, 0.5) is 5.69 Å². The van der Waals surface area contributed by atoms with Crippen molar-refractivity contribution in [3.63, 3.8) is 0 Å². The van der Waals surface area contributed by atoms with E-state index in [1.54, 1.807) is 0 Å². The number of halogens is 2. The molecule has 94 valence electrons. The van der Waals surface area contributed by atoms with Crippen molar-refractivity contribution in [2.45, 2.75) is 4.90 Å². The van der Waals surface area contributed by atoms with Crippen molar-refractivity contribution in [1.29, 1.82) is 0 Å². The summed E-state index contributed by atoms with van der Waals surface area (Å²) in [6.07, 6.45) is 0. The van der Waals surface area contributed by atoms with Crippen LogP contribution in [0.1, 0.15) is 0 Å². The molecule has 0 aromatic heterocycles. The smallest absolute Gasteiger partial charge is 0.0351 e. The zero-order valence-electron chi connectivity index (χ0n) is 9.70. The third-order valence-corrected chi connectivity index (χ3v) is 4.87. The van der Waals surface area contributed by atoms with E-state index in [1.807, 2.05) is 30.0 Å². The topological polar surface area (TPSA) is 12.0 Å². The Kier molecular flexibility index (Phi) is 5.60. The third kappa shape index (κ3) is 4.34. The molecule has 18 heavy (non-hydrogen) atoms. The van der Waals surface area contributed by atoms with E-state index < -0.39 is 0 Å². The Hall–Kier alpha value is -0.450. The van der Waals surface area contributed by atoms with Gasteiger partial charge < -0.3 is 5.32 Å². The summed E-state index contributed by atoms with van der Waals surface area (Å²) in [6, 6.07) is 16.5. The molecule has 0 aliphatic heterocycles. The molecular weight excluding hydrogens is 374 g/mol. The lowest BCUT2D eigenvalue weighted by Gasteiger charge is -2.07. The number of hydrogen-bond donors (Lipinski definition) is 1. The van der Waals surface area contributed by atoms with Crippen LogP contribution in [0.2, 0.25) is 0 Å². The van der Waals surface area contributed by atoms with Gasteiger partial charge in [-0.2, -0.15) is 0 Å². The molecule has 0 saturated carbocycles. The van der Waals surface area contributed by atoms with Crippen LogP contribution in [-0.4, -0.2) is 12.3 Å². The summed E-state index contributed by atoms with van der Waals surface area (Å²) in [4.78, 5) is 1.29. The zero-order valence-corrected chi connectivity index (χ0v) is 13.7. The molecule has 0 heterocycles. The predicted octanol–water partition coefficient (Wildman–Crippen LogP) is 5.42. The van der Waals surface area contributed by atoms with E-state index in [1.165, 1.54) is 4.90 Å². The standard InChI is InChI=1S/C14H13Br2NS/c15-11-4-3-5-12(10-11)17-8-9-18-14-7-2-1-6-13(14)16/h1-7,10,17H,8-9H2. The first kappa shape index (κ1) is 14.0. The van der Waals surface area contributed by atoms with Crippen molar-refractivity contribution in [2.75, 3.05) is 17.6 Å². The average Bonchev–Trinajstić information content (AvgIpc) is 2.37. The highest BCUT2D eigenvalue weighted by atomic mass is 79.9. The Balaban J connectivity index is 1.78. The summed E-state index contributed by atoms with van der Waals surface area (Å²) in [5.74, 6) is 1.04. The lowest BCUT2D eigenvalue weighted by Crippen LogP contribution is -2.03. The van der Waals surface area contributed by atoms with Crippen LogP contribution >= 0.6 is 43.6 Å². The van der Waals surface area contributed by atoms with Crippen LogP contribution < -0.4 is 5.32 Å². The Morgan fingerprint density at radius 3 is 2.61 bits per heavy atom. The van der Waals surface area contributed by atoms with E-state index in [2.05, 4.69) is 67.5 Å². The summed E-state index contributed by atoms with van der Waals surface area (Å²) in [5, 5.41) is 3.41. The fourth-order valence-electron chi connectivity index (χ4n) is 1.52. The van der Waals surface area contributed by atoms with Gasteiger partial charge in [0.2, 0.25) is 0 Å². The highest BCUT2D eigenvalue weighted by Gasteiger charge is 1.99. The van der Waals surface area contributed by atoms with Crippen LogP contribution in [0.15, 0.2) is 62.4 Å². The van der Waals surface area contributed by atoms with Crippen LogP contribution in [0.5, 0.6) is 0 Å². The van der Waals surface area contributed by atoms with Gasteiger partial charge in [-0.1, -0.05) is 34.1 Å². The fourth-order valence-corrected chi connectivity index (χ4v) is 3.35. The molecule has 0 atom stereocenters. The first-order valence-corrected chi connectivity index (χ1v) is 8.19. The van der Waals surface area contributed by atoms with Crippen LogP contribution in [0.3, 0.4) is 0 Å². The number of rotatable bonds is 5. The fraction of sp³-hybridized carbons (Fsp3) is 0.143. The molecule has 2 rings (SSSR count). The first-order valence-electron chi connectivity index (χ1n) is 5.62. The van der Waals surface area contributed by atoms with Crippen molar-refractivity contribution in [3.8, 4) is 0 Å². The van der Waals surface area contributed by atoms with Gasteiger partial charge in [0.05, 0.1) is 0 Å². The minimum absolute atomic E-state index is 0.947.